The van der Waals surface area contributed by atoms with Gasteiger partial charge in [-0.2, -0.15) is 0 Å². The number of ether oxygens (including phenoxy) is 3. The minimum Gasteiger partial charge on any atom is -0.508 e. The zero-order chi connectivity index (χ0) is 91.9. The number of nitrogens with zero attached hydrogens (tertiary/aromatic N) is 4. The fourth-order valence-corrected chi connectivity index (χ4v) is 15.3. The molecular weight excluding hydrogens is 1660 g/mol. The van der Waals surface area contributed by atoms with Crippen molar-refractivity contribution in [3.05, 3.63) is 108 Å². The molecule has 2 heterocycles. The Morgan fingerprint density at radius 2 is 1.07 bits per heavy atom. The van der Waals surface area contributed by atoms with E-state index in [0.717, 1.165) is 11.3 Å². The molecule has 15 N–H and O–H groups in total. The number of primary amides is 1. The number of carbonyl (C=O) groups excluding carboxylic acids is 14. The number of carbonyl (C=O) groups is 16. The van der Waals surface area contributed by atoms with Crippen LogP contribution in [0, 0.1) is 30.1 Å². The van der Waals surface area contributed by atoms with Crippen LogP contribution in [0.15, 0.2) is 84.9 Å². The molecule has 2 aliphatic rings. The van der Waals surface area contributed by atoms with Gasteiger partial charge in [0.1, 0.15) is 54.6 Å². The summed E-state index contributed by atoms with van der Waals surface area (Å²) >= 11 is 0. The van der Waals surface area contributed by atoms with Gasteiger partial charge in [0, 0.05) is 98.8 Å². The van der Waals surface area contributed by atoms with Crippen LogP contribution in [-0.2, 0) is 124 Å². The number of rotatable bonds is 56. The van der Waals surface area contributed by atoms with Crippen LogP contribution in [0.5, 0.6) is 5.75 Å². The molecule has 0 saturated carbocycles. The molecule has 0 unspecified atom stereocenters. The van der Waals surface area contributed by atoms with E-state index in [1.54, 1.807) is 107 Å². The Bertz CT molecular complexity index is 4020. The van der Waals surface area contributed by atoms with Crippen LogP contribution in [-0.4, -0.2) is 284 Å². The number of hydrogen-bond acceptors (Lipinski definition) is 21. The molecule has 3 aromatic rings. The van der Waals surface area contributed by atoms with Crippen molar-refractivity contribution in [3.8, 4) is 5.75 Å². The van der Waals surface area contributed by atoms with Crippen LogP contribution in [0.1, 0.15) is 155 Å². The molecule has 3 aromatic carbocycles. The number of hydrogen-bond donors (Lipinski definition) is 14. The molecule has 5 rings (SSSR count). The summed E-state index contributed by atoms with van der Waals surface area (Å²) in [6, 6.07) is 10.00. The summed E-state index contributed by atoms with van der Waals surface area (Å²) in [4.78, 5) is 224. The van der Waals surface area contributed by atoms with Gasteiger partial charge in [-0.25, -0.2) is 14.4 Å². The molecule has 0 bridgehead atoms. The molecule has 37 nitrogen and oxygen atoms in total. The number of phenolic OH excluding ortho intramolecular Hbond substituents is 1. The number of benzene rings is 3. The van der Waals surface area contributed by atoms with Gasteiger partial charge in [0.2, 0.25) is 70.9 Å². The van der Waals surface area contributed by atoms with Gasteiger partial charge < -0.3 is 108 Å². The largest absolute Gasteiger partial charge is 0.508 e. The third-order valence-corrected chi connectivity index (χ3v) is 22.3. The van der Waals surface area contributed by atoms with Crippen LogP contribution < -0.4 is 58.9 Å². The molecule has 125 heavy (non-hydrogen) atoms. The van der Waals surface area contributed by atoms with Gasteiger partial charge in [0.05, 0.1) is 61.7 Å². The van der Waals surface area contributed by atoms with Gasteiger partial charge >= 0.3 is 18.0 Å². The number of carboxylic acid groups (broad SMARTS) is 2. The van der Waals surface area contributed by atoms with Gasteiger partial charge in [-0.1, -0.05) is 134 Å². The maximum atomic E-state index is 15.1. The second-order valence-electron chi connectivity index (χ2n) is 32.4. The second-order valence-corrected chi connectivity index (χ2v) is 32.4. The van der Waals surface area contributed by atoms with Crippen molar-refractivity contribution < 1.29 is 125 Å². The maximum Gasteiger partial charge on any atom is 0.326 e. The van der Waals surface area contributed by atoms with E-state index in [2.05, 4.69) is 53.2 Å². The predicted octanol–water partition coefficient (Wildman–Crippen LogP) is 1.53. The predicted molar refractivity (Wildman–Crippen MR) is 456 cm³/mol. The fraction of sp³-hybridized carbons (Fsp3) is 0.598. The van der Waals surface area contributed by atoms with Crippen molar-refractivity contribution in [2.75, 3.05) is 81.3 Å². The molecular formula is C87H130N15O22V-. The summed E-state index contributed by atoms with van der Waals surface area (Å²) in [6.45, 7) is 11.9. The number of aromatic hydroxyl groups is 1. The SMILES string of the molecule is CC[C@H](C)[C@@H]([C@@H](CC(=O)N1CCC[C@H]1[C@H](OC)[C@@H](C)C(=O)N[C@@H](Cc1ccccc1)C(=O)O)OC)N(C)C(=O)[C@@H](NC(=O)[C@H](C(C)C)N(C)CC(=O)N[C@@H](Cc1ccccc1)C(=O)N[C@@H](CCCNC(N)=O)C(=O)N[C@@H](CCCCNC(=O)[C@H](CCCCNC(=O)CCOC)NC(=O)CN1C(=O)[CH-]CC1=O)C(=O)N[C@@H](Cc1ccc(O)cc1)C(=O)O)C(C)C.[V]. The summed E-state index contributed by atoms with van der Waals surface area (Å²) in [7, 11) is 7.44. The molecule has 38 heteroatoms. The number of nitrogens with one attached hydrogen (secondary N) is 10. The number of unbranched alkanes of at least 4 members (excludes halogenated alkanes) is 2. The zero-order valence-corrected chi connectivity index (χ0v) is 75.2. The van der Waals surface area contributed by atoms with Crippen LogP contribution in [0.2, 0.25) is 0 Å². The van der Waals surface area contributed by atoms with Crippen LogP contribution in [0.25, 0.3) is 0 Å². The third-order valence-electron chi connectivity index (χ3n) is 22.3. The zero-order valence-electron chi connectivity index (χ0n) is 73.8. The minimum absolute atomic E-state index is 0. The number of aliphatic carboxylic acids is 2. The quantitative estimate of drug-likeness (QED) is 0.0216. The molecule has 15 amide bonds. The van der Waals surface area contributed by atoms with E-state index in [1.165, 1.54) is 62.4 Å². The third kappa shape index (κ3) is 35.3. The standard InChI is InChI=1S/C87H130N15O22.V/c1-13-54(6)76(67(123-11)49-73(109)101-44-25-33-66(101)77(124-12)55(7)78(110)96-64(85(117)118)47-57-28-18-15-19-29-57)100(9)84(116)74(52(2)3)98-83(115)75(53(4)5)99(8)50-69(105)93-63(46-56-26-16-14-17-27-56)82(114)95-62(32-24-43-91-87(88)121)80(112)94-61(81(113)97-65(86(119)120)48-58-34-36-59(103)37-35-58)31-21-23-42-90-79(111)60(30-20-22-41-89-68(104)40-45-122-10)92-70(106)51-102-71(107)38-39-72(102)108;/h14-19,26-29,34-38,52-55,60-67,74-77,103H,13,20-25,30-33,39-51H2,1-12H3,(H,89,104)(H,90,111)(H,92,106)(H,93,105)(H,94,112)(H,95,114)(H,96,110)(H,97,113)(H,98,115)(H,117,118)(H,119,120)(H3,88,91,121);/q-1;/t54-,55+,60-,61-,62-,63-,64-,65-,66-,67+,74-,75-,76-,77+;/m0./s1. The summed E-state index contributed by atoms with van der Waals surface area (Å²) in [5.41, 5.74) is 7.08. The number of methoxy groups -OCH3 is 3. The Morgan fingerprint density at radius 3 is 1.58 bits per heavy atom. The van der Waals surface area contributed by atoms with E-state index in [9.17, 15) is 87.2 Å². The van der Waals surface area contributed by atoms with Crippen molar-refractivity contribution in [2.24, 2.45) is 29.4 Å². The monoisotopic (exact) mass is 1790 g/mol. The molecule has 691 valence electrons. The first-order valence-corrected chi connectivity index (χ1v) is 42.4. The normalized spacial score (nSPS) is 16.3. The van der Waals surface area contributed by atoms with Crippen LogP contribution >= 0.6 is 0 Å². The van der Waals surface area contributed by atoms with Gasteiger partial charge in [-0.05, 0) is 118 Å². The van der Waals surface area contributed by atoms with Gasteiger partial charge in [-0.15, -0.1) is 0 Å². The number of nitrogens with two attached hydrogens (primary N) is 1. The Kier molecular flexibility index (Phi) is 46.8. The molecule has 0 aliphatic carbocycles. The first-order valence-electron chi connectivity index (χ1n) is 42.4. The number of carboxylic acids is 2. The van der Waals surface area contributed by atoms with E-state index < -0.39 is 186 Å². The Hall–Kier alpha value is -10.7. The van der Waals surface area contributed by atoms with E-state index in [4.69, 9.17) is 19.9 Å². The van der Waals surface area contributed by atoms with Crippen molar-refractivity contribution in [2.45, 2.75) is 230 Å². The van der Waals surface area contributed by atoms with Crippen molar-refractivity contribution in [3.63, 3.8) is 0 Å². The average molecular weight is 1790 g/mol. The first-order chi connectivity index (χ1) is 58.9. The number of imide groups is 1. The number of amides is 15. The summed E-state index contributed by atoms with van der Waals surface area (Å²) in [5.74, 6) is -13.5. The average Bonchev–Trinajstić information content (AvgIpc) is 1.55. The Morgan fingerprint density at radius 1 is 0.568 bits per heavy atom. The molecule has 1 radical (unpaired) electrons. The van der Waals surface area contributed by atoms with Crippen molar-refractivity contribution >= 4 is 94.8 Å². The van der Waals surface area contributed by atoms with Crippen molar-refractivity contribution in [1.29, 1.82) is 0 Å². The van der Waals surface area contributed by atoms with E-state index in [-0.39, 0.29) is 145 Å². The summed E-state index contributed by atoms with van der Waals surface area (Å²) in [5, 5.41) is 57.3. The Balaban J connectivity index is 0.0000328. The van der Waals surface area contributed by atoms with Crippen molar-refractivity contribution in [1.82, 2.24) is 72.8 Å². The maximum absolute atomic E-state index is 15.1. The van der Waals surface area contributed by atoms with Gasteiger partial charge in [0.25, 0.3) is 0 Å². The molecule has 2 fully saturated rings. The summed E-state index contributed by atoms with van der Waals surface area (Å²) in [6.07, 6.45) is 0.906. The van der Waals surface area contributed by atoms with Crippen LogP contribution in [0.4, 0.5) is 4.79 Å². The minimum atomic E-state index is -1.59. The number of likely N-dealkylation sites (tertiary alicyclic amines) is 2. The van der Waals surface area contributed by atoms with Gasteiger partial charge in [0.15, 0.2) is 0 Å². The molecule has 0 spiro atoms. The van der Waals surface area contributed by atoms with Crippen LogP contribution in [0.3, 0.4) is 0 Å². The topological polar surface area (TPSA) is 521 Å². The first kappa shape index (κ1) is 107. The number of urea groups is 1. The van der Waals surface area contributed by atoms with E-state index in [0.29, 0.717) is 55.3 Å². The Labute approximate surface area is 743 Å². The smallest absolute Gasteiger partial charge is 0.326 e. The second kappa shape index (κ2) is 54.9. The number of likely N-dealkylation sites (N-methyl/N-ethyl adjacent to an activating group) is 2. The van der Waals surface area contributed by atoms with E-state index in [1.807, 2.05) is 13.8 Å². The number of phenols is 1. The molecule has 2 aliphatic heterocycles. The molecule has 2 saturated heterocycles. The summed E-state index contributed by atoms with van der Waals surface area (Å²) < 4.78 is 17.0. The van der Waals surface area contributed by atoms with E-state index >= 15 is 4.79 Å². The van der Waals surface area contributed by atoms with Gasteiger partial charge in [-0.3, -0.25) is 68.9 Å². The fourth-order valence-electron chi connectivity index (χ4n) is 15.3. The molecule has 14 atom stereocenters. The molecule has 0 aromatic heterocycles.